The highest BCUT2D eigenvalue weighted by Gasteiger charge is 2.29. The van der Waals surface area contributed by atoms with Crippen LogP contribution in [0.4, 0.5) is 5.82 Å². The molecule has 0 unspecified atom stereocenters. The highest BCUT2D eigenvalue weighted by Crippen LogP contribution is 2.53. The zero-order chi connectivity index (χ0) is 30.9. The van der Waals surface area contributed by atoms with Crippen molar-refractivity contribution in [2.45, 2.75) is 45.5 Å². The highest BCUT2D eigenvalue weighted by molar-refractivity contribution is 8.29. The van der Waals surface area contributed by atoms with Crippen LogP contribution in [0.2, 0.25) is 10.0 Å². The Bertz CT molecular complexity index is 1460. The second-order valence-corrected chi connectivity index (χ2v) is 14.8. The topological polar surface area (TPSA) is 126 Å². The first-order chi connectivity index (χ1) is 20.0. The summed E-state index contributed by atoms with van der Waals surface area (Å²) in [6, 6.07) is 6.63. The van der Waals surface area contributed by atoms with Crippen molar-refractivity contribution in [1.82, 2.24) is 29.7 Å². The quantitative estimate of drug-likeness (QED) is 0.193. The van der Waals surface area contributed by atoms with Gasteiger partial charge in [0, 0.05) is 17.1 Å². The van der Waals surface area contributed by atoms with Crippen LogP contribution in [0.1, 0.15) is 34.6 Å². The molecule has 42 heavy (non-hydrogen) atoms. The molecule has 228 valence electrons. The van der Waals surface area contributed by atoms with Gasteiger partial charge in [0.15, 0.2) is 11.5 Å². The SMILES string of the molecule is CC.CC(C)(C)S(C)(C)OCCOC[C@H](Oc1ncnc2c1cnn2-c1ncccc1Cl)C(=O)Nc1ccc(Cl)cn1. The lowest BCUT2D eigenvalue weighted by Crippen LogP contribution is -2.38. The minimum atomic E-state index is -1.31. The van der Waals surface area contributed by atoms with E-state index < -0.39 is 22.3 Å². The monoisotopic (exact) mass is 637 g/mol. The normalized spacial score (nSPS) is 12.8. The predicted molar refractivity (Wildman–Crippen MR) is 169 cm³/mol. The van der Waals surface area contributed by atoms with Crippen molar-refractivity contribution in [2.75, 3.05) is 37.6 Å². The van der Waals surface area contributed by atoms with Gasteiger partial charge in [0.2, 0.25) is 12.0 Å². The van der Waals surface area contributed by atoms with E-state index in [0.717, 1.165) is 0 Å². The minimum absolute atomic E-state index is 0.0203. The molecule has 0 aromatic carbocycles. The van der Waals surface area contributed by atoms with Crippen LogP contribution in [0.5, 0.6) is 5.88 Å². The number of rotatable bonds is 11. The average molecular weight is 639 g/mol. The molecular formula is C28H37Cl2N7O4S. The van der Waals surface area contributed by atoms with Crippen LogP contribution in [-0.2, 0) is 13.7 Å². The molecule has 4 heterocycles. The van der Waals surface area contributed by atoms with Crippen molar-refractivity contribution in [2.24, 2.45) is 0 Å². The molecule has 14 heteroatoms. The molecule has 0 fully saturated rings. The summed E-state index contributed by atoms with van der Waals surface area (Å²) in [5.41, 5.74) is 0.408. The molecule has 4 rings (SSSR count). The molecule has 1 N–H and O–H groups in total. The van der Waals surface area contributed by atoms with Gasteiger partial charge in [0.1, 0.15) is 17.5 Å². The molecule has 0 aliphatic rings. The minimum Gasteiger partial charge on any atom is -0.461 e. The molecule has 0 bridgehead atoms. The number of halogens is 2. The van der Waals surface area contributed by atoms with Crippen LogP contribution >= 0.6 is 33.5 Å². The Balaban J connectivity index is 0.00000237. The van der Waals surface area contributed by atoms with Crippen LogP contribution in [0, 0.1) is 0 Å². The molecule has 11 nitrogen and oxygen atoms in total. The first kappa shape index (κ1) is 33.5. The summed E-state index contributed by atoms with van der Waals surface area (Å²) in [6.45, 7) is 11.0. The smallest absolute Gasteiger partial charge is 0.269 e. The summed E-state index contributed by atoms with van der Waals surface area (Å²) >= 11 is 12.2. The molecule has 0 saturated heterocycles. The van der Waals surface area contributed by atoms with Gasteiger partial charge in [0.25, 0.3) is 5.91 Å². The van der Waals surface area contributed by atoms with Crippen molar-refractivity contribution in [3.8, 4) is 11.7 Å². The van der Waals surface area contributed by atoms with E-state index in [1.165, 1.54) is 23.4 Å². The second-order valence-electron chi connectivity index (χ2n) is 9.98. The van der Waals surface area contributed by atoms with Crippen LogP contribution in [0.25, 0.3) is 16.9 Å². The molecule has 1 amide bonds. The van der Waals surface area contributed by atoms with Gasteiger partial charge in [-0.05, 0) is 36.8 Å². The maximum absolute atomic E-state index is 13.3. The van der Waals surface area contributed by atoms with Gasteiger partial charge in [0.05, 0.1) is 36.1 Å². The summed E-state index contributed by atoms with van der Waals surface area (Å²) in [5, 5.41) is 8.40. The third kappa shape index (κ3) is 8.51. The molecule has 0 aliphatic heterocycles. The Hall–Kier alpha value is -3.03. The van der Waals surface area contributed by atoms with E-state index in [2.05, 4.69) is 63.6 Å². The summed E-state index contributed by atoms with van der Waals surface area (Å²) in [6.07, 6.45) is 9.02. The number of hydrogen-bond acceptors (Lipinski definition) is 9. The van der Waals surface area contributed by atoms with Crippen molar-refractivity contribution < 1.29 is 18.5 Å². The average Bonchev–Trinajstić information content (AvgIpc) is 3.39. The van der Waals surface area contributed by atoms with Gasteiger partial charge in [-0.1, -0.05) is 57.8 Å². The van der Waals surface area contributed by atoms with Gasteiger partial charge < -0.3 is 19.0 Å². The number of carbonyl (C=O) groups excluding carboxylic acids is 1. The number of hydrogen-bond donors (Lipinski definition) is 1. The third-order valence-corrected chi connectivity index (χ3v) is 10.4. The Labute approximate surface area is 257 Å². The van der Waals surface area contributed by atoms with Gasteiger partial charge in [-0.2, -0.15) is 9.78 Å². The Morgan fingerprint density at radius 2 is 1.81 bits per heavy atom. The Morgan fingerprint density at radius 1 is 1.05 bits per heavy atom. The number of pyridine rings is 2. The zero-order valence-corrected chi connectivity index (χ0v) is 27.1. The largest absolute Gasteiger partial charge is 0.461 e. The van der Waals surface area contributed by atoms with Crippen LogP contribution in [-0.4, -0.2) is 78.8 Å². The third-order valence-electron chi connectivity index (χ3n) is 6.14. The number of ether oxygens (including phenoxy) is 2. The van der Waals surface area contributed by atoms with Gasteiger partial charge in [-0.15, -0.1) is 10.3 Å². The molecule has 0 saturated carbocycles. The van der Waals surface area contributed by atoms with Crippen molar-refractivity contribution in [3.05, 3.63) is 59.2 Å². The van der Waals surface area contributed by atoms with Crippen LogP contribution in [0.15, 0.2) is 49.2 Å². The molecular weight excluding hydrogens is 601 g/mol. The van der Waals surface area contributed by atoms with Crippen molar-refractivity contribution in [3.63, 3.8) is 0 Å². The number of aromatic nitrogens is 6. The fourth-order valence-corrected chi connectivity index (χ4v) is 4.38. The predicted octanol–water partition coefficient (Wildman–Crippen LogP) is 6.14. The molecule has 4 aromatic rings. The van der Waals surface area contributed by atoms with Gasteiger partial charge in [-0.3, -0.25) is 4.79 Å². The number of nitrogens with zero attached hydrogens (tertiary/aromatic N) is 6. The Kier molecular flexibility index (Phi) is 11.9. The Morgan fingerprint density at radius 3 is 2.48 bits per heavy atom. The molecule has 4 aromatic heterocycles. The lowest BCUT2D eigenvalue weighted by Gasteiger charge is -2.43. The maximum atomic E-state index is 13.3. The number of amides is 1. The fraction of sp³-hybridized carbons (Fsp3) is 0.429. The van der Waals surface area contributed by atoms with Gasteiger partial charge >= 0.3 is 0 Å². The lowest BCUT2D eigenvalue weighted by atomic mass is 10.3. The van der Waals surface area contributed by atoms with E-state index in [9.17, 15) is 4.79 Å². The summed E-state index contributed by atoms with van der Waals surface area (Å²) in [4.78, 5) is 30.2. The highest BCUT2D eigenvalue weighted by atomic mass is 35.5. The van der Waals surface area contributed by atoms with Crippen molar-refractivity contribution in [1.29, 1.82) is 0 Å². The first-order valence-corrected chi connectivity index (χ1v) is 16.4. The molecule has 0 spiro atoms. The van der Waals surface area contributed by atoms with E-state index in [1.54, 1.807) is 30.5 Å². The first-order valence-electron chi connectivity index (χ1n) is 13.3. The van der Waals surface area contributed by atoms with E-state index in [4.69, 9.17) is 36.9 Å². The van der Waals surface area contributed by atoms with E-state index in [0.29, 0.717) is 39.3 Å². The van der Waals surface area contributed by atoms with Gasteiger partial charge in [-0.25, -0.2) is 19.9 Å². The zero-order valence-electron chi connectivity index (χ0n) is 24.8. The summed E-state index contributed by atoms with van der Waals surface area (Å²) < 4.78 is 19.5. The van der Waals surface area contributed by atoms with Crippen LogP contribution < -0.4 is 10.1 Å². The molecule has 0 radical (unpaired) electrons. The number of fused-ring (bicyclic) bond motifs is 1. The number of carbonyl (C=O) groups is 1. The molecule has 0 aliphatic carbocycles. The van der Waals surface area contributed by atoms with E-state index in [-0.39, 0.29) is 23.8 Å². The van der Waals surface area contributed by atoms with Crippen LogP contribution in [0.3, 0.4) is 0 Å². The summed E-state index contributed by atoms with van der Waals surface area (Å²) in [7, 11) is -1.31. The standard InChI is InChI=1S/C26H31Cl2N7O4S.C2H6/c1-26(2,3)40(4,5)38-12-11-37-15-20(24(36)34-21-9-8-17(27)13-30-21)39-25-18-14-33-35(22(18)31-16-32-25)23-19(28)7-6-10-29-23;1-2/h6-10,13-14,16,20H,11-12,15H2,1-5H3,(H,30,34,36);1-2H3/t20-;/m0./s1. The van der Waals surface area contributed by atoms with E-state index in [1.807, 2.05) is 13.8 Å². The van der Waals surface area contributed by atoms with Crippen molar-refractivity contribution >= 4 is 56.3 Å². The maximum Gasteiger partial charge on any atom is 0.269 e. The second kappa shape index (κ2) is 14.9. The lowest BCUT2D eigenvalue weighted by molar-refractivity contribution is -0.125. The fourth-order valence-electron chi connectivity index (χ4n) is 3.23. The number of nitrogens with one attached hydrogen (secondary N) is 1. The number of anilines is 1. The molecule has 1 atom stereocenters. The summed E-state index contributed by atoms with van der Waals surface area (Å²) in [5.74, 6) is 0.372. The van der Waals surface area contributed by atoms with E-state index >= 15 is 0 Å².